The van der Waals surface area contributed by atoms with Gasteiger partial charge in [-0.1, -0.05) is 56.9 Å². The van der Waals surface area contributed by atoms with E-state index in [0.29, 0.717) is 6.42 Å². The molecule has 0 saturated carbocycles. The van der Waals surface area contributed by atoms with Gasteiger partial charge in [0.15, 0.2) is 5.78 Å². The first-order chi connectivity index (χ1) is 8.95. The van der Waals surface area contributed by atoms with Crippen molar-refractivity contribution < 1.29 is 4.79 Å². The number of benzene rings is 2. The Kier molecular flexibility index (Phi) is 4.20. The van der Waals surface area contributed by atoms with Gasteiger partial charge in [0.1, 0.15) is 0 Å². The molecule has 0 fully saturated rings. The third-order valence-electron chi connectivity index (χ3n) is 3.07. The van der Waals surface area contributed by atoms with E-state index >= 15 is 0 Å². The van der Waals surface area contributed by atoms with E-state index in [1.807, 2.05) is 25.1 Å². The lowest BCUT2D eigenvalue weighted by atomic mass is 9.99. The van der Waals surface area contributed by atoms with Crippen molar-refractivity contribution >= 4 is 21.7 Å². The lowest BCUT2D eigenvalue weighted by Crippen LogP contribution is -2.05. The van der Waals surface area contributed by atoms with E-state index in [2.05, 4.69) is 48.0 Å². The summed E-state index contributed by atoms with van der Waals surface area (Å²) in [5.74, 6) is 0.153. The molecular formula is C17H17BrO. The molecule has 2 aromatic rings. The lowest BCUT2D eigenvalue weighted by Gasteiger charge is -2.07. The van der Waals surface area contributed by atoms with Gasteiger partial charge in [-0.15, -0.1) is 0 Å². The smallest absolute Gasteiger partial charge is 0.168 e. The van der Waals surface area contributed by atoms with Crippen molar-refractivity contribution in [2.75, 3.05) is 0 Å². The van der Waals surface area contributed by atoms with Gasteiger partial charge in [-0.05, 0) is 38.5 Å². The molecule has 0 amide bonds. The standard InChI is InChI=1S/C17H17BrO/c1-11-4-5-16(18)15(9-11)17(19)10-14-7-12(2)6-13(3)8-14/h4-9H,10H2,1-3H3. The fraction of sp³-hybridized carbons (Fsp3) is 0.235. The topological polar surface area (TPSA) is 17.1 Å². The van der Waals surface area contributed by atoms with Crippen LogP contribution in [0.2, 0.25) is 0 Å². The first kappa shape index (κ1) is 14.0. The van der Waals surface area contributed by atoms with Crippen LogP contribution in [0.15, 0.2) is 40.9 Å². The second-order valence-corrected chi connectivity index (χ2v) is 5.93. The number of ketones is 1. The van der Waals surface area contributed by atoms with Gasteiger partial charge >= 0.3 is 0 Å². The van der Waals surface area contributed by atoms with E-state index in [0.717, 1.165) is 21.2 Å². The number of hydrogen-bond acceptors (Lipinski definition) is 1. The first-order valence-electron chi connectivity index (χ1n) is 6.32. The molecule has 1 nitrogen and oxygen atoms in total. The Hall–Kier alpha value is -1.41. The van der Waals surface area contributed by atoms with E-state index in [1.54, 1.807) is 0 Å². The molecule has 19 heavy (non-hydrogen) atoms. The molecule has 98 valence electrons. The van der Waals surface area contributed by atoms with Gasteiger partial charge in [0.25, 0.3) is 0 Å². The van der Waals surface area contributed by atoms with Crippen molar-refractivity contribution in [2.24, 2.45) is 0 Å². The Morgan fingerprint density at radius 3 is 2.21 bits per heavy atom. The SMILES string of the molecule is Cc1cc(C)cc(CC(=O)c2cc(C)ccc2Br)c1. The van der Waals surface area contributed by atoms with E-state index < -0.39 is 0 Å². The van der Waals surface area contributed by atoms with Crippen LogP contribution in [0.4, 0.5) is 0 Å². The summed E-state index contributed by atoms with van der Waals surface area (Å²) in [6.07, 6.45) is 0.449. The molecule has 0 aliphatic carbocycles. The molecule has 0 aromatic heterocycles. The average Bonchev–Trinajstić information content (AvgIpc) is 2.30. The molecule has 0 bridgehead atoms. The maximum Gasteiger partial charge on any atom is 0.168 e. The third-order valence-corrected chi connectivity index (χ3v) is 3.76. The summed E-state index contributed by atoms with van der Waals surface area (Å²) in [6, 6.07) is 12.1. The summed E-state index contributed by atoms with van der Waals surface area (Å²) in [4.78, 5) is 12.4. The highest BCUT2D eigenvalue weighted by Gasteiger charge is 2.11. The molecule has 0 spiro atoms. The van der Waals surface area contributed by atoms with Crippen LogP contribution in [0.5, 0.6) is 0 Å². The average molecular weight is 317 g/mol. The summed E-state index contributed by atoms with van der Waals surface area (Å²) < 4.78 is 0.868. The molecule has 0 unspecified atom stereocenters. The highest BCUT2D eigenvalue weighted by atomic mass is 79.9. The summed E-state index contributed by atoms with van der Waals surface area (Å²) in [7, 11) is 0. The molecule has 0 N–H and O–H groups in total. The van der Waals surface area contributed by atoms with Gasteiger partial charge in [0.05, 0.1) is 0 Å². The summed E-state index contributed by atoms with van der Waals surface area (Å²) in [6.45, 7) is 6.12. The van der Waals surface area contributed by atoms with Crippen molar-refractivity contribution in [1.29, 1.82) is 0 Å². The molecule has 0 atom stereocenters. The van der Waals surface area contributed by atoms with Crippen LogP contribution in [0, 0.1) is 20.8 Å². The van der Waals surface area contributed by atoms with Gasteiger partial charge < -0.3 is 0 Å². The summed E-state index contributed by atoms with van der Waals surface area (Å²) in [5, 5.41) is 0. The molecule has 0 aliphatic rings. The molecule has 0 radical (unpaired) electrons. The van der Waals surface area contributed by atoms with Gasteiger partial charge in [-0.2, -0.15) is 0 Å². The van der Waals surface area contributed by atoms with Crippen LogP contribution >= 0.6 is 15.9 Å². The minimum atomic E-state index is 0.153. The normalized spacial score (nSPS) is 10.5. The van der Waals surface area contributed by atoms with Crippen molar-refractivity contribution in [3.05, 3.63) is 68.7 Å². The van der Waals surface area contributed by atoms with Gasteiger partial charge in [0, 0.05) is 16.5 Å². The molecular weight excluding hydrogens is 300 g/mol. The highest BCUT2D eigenvalue weighted by Crippen LogP contribution is 2.20. The van der Waals surface area contributed by atoms with Crippen LogP contribution < -0.4 is 0 Å². The van der Waals surface area contributed by atoms with Crippen LogP contribution in [-0.2, 0) is 6.42 Å². The monoisotopic (exact) mass is 316 g/mol. The minimum Gasteiger partial charge on any atom is -0.294 e. The number of halogens is 1. The Bertz CT molecular complexity index is 609. The highest BCUT2D eigenvalue weighted by molar-refractivity contribution is 9.10. The number of rotatable bonds is 3. The number of Topliss-reactive ketones (excluding diaryl/α,β-unsaturated/α-hetero) is 1. The quantitative estimate of drug-likeness (QED) is 0.743. The van der Waals surface area contributed by atoms with Crippen LogP contribution in [0.25, 0.3) is 0 Å². The molecule has 2 aromatic carbocycles. The van der Waals surface area contributed by atoms with Gasteiger partial charge in [-0.25, -0.2) is 0 Å². The molecule has 0 saturated heterocycles. The van der Waals surface area contributed by atoms with Gasteiger partial charge in [-0.3, -0.25) is 4.79 Å². The predicted molar refractivity (Wildman–Crippen MR) is 82.8 cm³/mol. The van der Waals surface area contributed by atoms with Crippen molar-refractivity contribution in [2.45, 2.75) is 27.2 Å². The van der Waals surface area contributed by atoms with E-state index in [9.17, 15) is 4.79 Å². The zero-order valence-electron chi connectivity index (χ0n) is 11.5. The maximum absolute atomic E-state index is 12.4. The summed E-state index contributed by atoms with van der Waals surface area (Å²) >= 11 is 3.45. The van der Waals surface area contributed by atoms with Crippen LogP contribution in [0.1, 0.15) is 32.6 Å². The van der Waals surface area contributed by atoms with Crippen molar-refractivity contribution in [3.8, 4) is 0 Å². The van der Waals surface area contributed by atoms with Crippen molar-refractivity contribution in [1.82, 2.24) is 0 Å². The van der Waals surface area contributed by atoms with Crippen molar-refractivity contribution in [3.63, 3.8) is 0 Å². The first-order valence-corrected chi connectivity index (χ1v) is 7.11. The van der Waals surface area contributed by atoms with E-state index in [-0.39, 0.29) is 5.78 Å². The zero-order valence-corrected chi connectivity index (χ0v) is 13.0. The van der Waals surface area contributed by atoms with E-state index in [1.165, 1.54) is 11.1 Å². The number of carbonyl (C=O) groups excluding carboxylic acids is 1. The second-order valence-electron chi connectivity index (χ2n) is 5.08. The largest absolute Gasteiger partial charge is 0.294 e. The number of aryl methyl sites for hydroxylation is 3. The summed E-state index contributed by atoms with van der Waals surface area (Å²) in [5.41, 5.74) is 5.35. The third kappa shape index (κ3) is 3.54. The Morgan fingerprint density at radius 2 is 1.58 bits per heavy atom. The lowest BCUT2D eigenvalue weighted by molar-refractivity contribution is 0.0992. The maximum atomic E-state index is 12.4. The minimum absolute atomic E-state index is 0.153. The van der Waals surface area contributed by atoms with Crippen LogP contribution in [0.3, 0.4) is 0 Å². The Morgan fingerprint density at radius 1 is 0.947 bits per heavy atom. The van der Waals surface area contributed by atoms with Gasteiger partial charge in [0.2, 0.25) is 0 Å². The molecule has 2 heteroatoms. The van der Waals surface area contributed by atoms with Crippen LogP contribution in [-0.4, -0.2) is 5.78 Å². The number of hydrogen-bond donors (Lipinski definition) is 0. The van der Waals surface area contributed by atoms with E-state index in [4.69, 9.17) is 0 Å². The fourth-order valence-corrected chi connectivity index (χ4v) is 2.77. The number of carbonyl (C=O) groups is 1. The second kappa shape index (κ2) is 5.70. The fourth-order valence-electron chi connectivity index (χ4n) is 2.30. The molecule has 2 rings (SSSR count). The Balaban J connectivity index is 2.28. The molecule has 0 heterocycles. The predicted octanol–water partition coefficient (Wildman–Crippen LogP) is 4.80. The Labute approximate surface area is 122 Å². The molecule has 0 aliphatic heterocycles. The zero-order chi connectivity index (χ0) is 14.0.